The van der Waals surface area contributed by atoms with E-state index in [9.17, 15) is 0 Å². The lowest BCUT2D eigenvalue weighted by Gasteiger charge is -2.33. The summed E-state index contributed by atoms with van der Waals surface area (Å²) in [5.74, 6) is 1.08. The summed E-state index contributed by atoms with van der Waals surface area (Å²) in [5.41, 5.74) is 1.15. The number of anilines is 1. The highest BCUT2D eigenvalue weighted by molar-refractivity contribution is 5.45. The van der Waals surface area contributed by atoms with Gasteiger partial charge in [-0.25, -0.2) is 9.97 Å². The van der Waals surface area contributed by atoms with Crippen molar-refractivity contribution in [3.05, 3.63) is 18.1 Å². The quantitative estimate of drug-likeness (QED) is 0.707. The van der Waals surface area contributed by atoms with Gasteiger partial charge in [0.15, 0.2) is 0 Å². The molecule has 0 amide bonds. The Morgan fingerprint density at radius 1 is 1.57 bits per heavy atom. The van der Waals surface area contributed by atoms with Crippen LogP contribution in [0.1, 0.15) is 12.5 Å². The second kappa shape index (κ2) is 3.92. The van der Waals surface area contributed by atoms with E-state index in [0.717, 1.165) is 31.0 Å². The topological polar surface area (TPSA) is 41.1 Å². The normalized spacial score (nSPS) is 22.4. The number of hydrogen-bond donors (Lipinski definition) is 1. The van der Waals surface area contributed by atoms with E-state index in [1.54, 1.807) is 6.33 Å². The Bertz CT molecular complexity index is 313. The van der Waals surface area contributed by atoms with Crippen molar-refractivity contribution in [1.82, 2.24) is 15.3 Å². The minimum atomic E-state index is 0.540. The van der Waals surface area contributed by atoms with Gasteiger partial charge in [0.05, 0.1) is 0 Å². The Balaban J connectivity index is 2.18. The van der Waals surface area contributed by atoms with Crippen LogP contribution < -0.4 is 10.2 Å². The summed E-state index contributed by atoms with van der Waals surface area (Å²) in [5, 5.41) is 3.42. The van der Waals surface area contributed by atoms with Crippen molar-refractivity contribution >= 4 is 5.82 Å². The van der Waals surface area contributed by atoms with Crippen LogP contribution in [0.4, 0.5) is 5.82 Å². The SMILES string of the molecule is Cc1cncnc1N1CCN[C@@H](C)C1. The molecule has 2 heterocycles. The second-order valence-electron chi connectivity index (χ2n) is 3.83. The molecule has 1 aliphatic rings. The summed E-state index contributed by atoms with van der Waals surface area (Å²) in [6.45, 7) is 7.34. The third-order valence-electron chi connectivity index (χ3n) is 2.54. The van der Waals surface area contributed by atoms with E-state index in [4.69, 9.17) is 0 Å². The molecule has 1 N–H and O–H groups in total. The second-order valence-corrected chi connectivity index (χ2v) is 3.83. The maximum Gasteiger partial charge on any atom is 0.134 e. The van der Waals surface area contributed by atoms with Crippen molar-refractivity contribution in [2.24, 2.45) is 0 Å². The van der Waals surface area contributed by atoms with Crippen LogP contribution in [0.25, 0.3) is 0 Å². The predicted octanol–water partition coefficient (Wildman–Crippen LogP) is 0.583. The molecular formula is C10H16N4. The van der Waals surface area contributed by atoms with Crippen LogP contribution in [0, 0.1) is 6.92 Å². The Labute approximate surface area is 84.4 Å². The van der Waals surface area contributed by atoms with Gasteiger partial charge in [-0.3, -0.25) is 0 Å². The van der Waals surface area contributed by atoms with Crippen LogP contribution >= 0.6 is 0 Å². The van der Waals surface area contributed by atoms with Crippen molar-refractivity contribution < 1.29 is 0 Å². The van der Waals surface area contributed by atoms with E-state index < -0.39 is 0 Å². The fourth-order valence-electron chi connectivity index (χ4n) is 1.85. The van der Waals surface area contributed by atoms with Crippen molar-refractivity contribution in [2.75, 3.05) is 24.5 Å². The molecule has 1 saturated heterocycles. The molecule has 1 atom stereocenters. The van der Waals surface area contributed by atoms with Crippen molar-refractivity contribution in [1.29, 1.82) is 0 Å². The van der Waals surface area contributed by atoms with Crippen molar-refractivity contribution in [2.45, 2.75) is 19.9 Å². The standard InChI is InChI=1S/C10H16N4/c1-8-5-11-7-13-10(8)14-4-3-12-9(2)6-14/h5,7,9,12H,3-4,6H2,1-2H3/t9-/m0/s1. The molecular weight excluding hydrogens is 176 g/mol. The zero-order valence-electron chi connectivity index (χ0n) is 8.70. The summed E-state index contributed by atoms with van der Waals surface area (Å²) in [7, 11) is 0. The van der Waals surface area contributed by atoms with E-state index in [2.05, 4.69) is 34.0 Å². The maximum atomic E-state index is 4.32. The molecule has 1 aromatic heterocycles. The van der Waals surface area contributed by atoms with Gasteiger partial charge in [0.1, 0.15) is 12.1 Å². The van der Waals surface area contributed by atoms with Gasteiger partial charge in [0.25, 0.3) is 0 Å². The molecule has 0 saturated carbocycles. The van der Waals surface area contributed by atoms with Gasteiger partial charge in [-0.1, -0.05) is 0 Å². The van der Waals surface area contributed by atoms with Crippen LogP contribution in [-0.2, 0) is 0 Å². The molecule has 0 radical (unpaired) electrons. The van der Waals surface area contributed by atoms with Gasteiger partial charge in [-0.15, -0.1) is 0 Å². The first-order valence-electron chi connectivity index (χ1n) is 5.02. The number of hydrogen-bond acceptors (Lipinski definition) is 4. The summed E-state index contributed by atoms with van der Waals surface area (Å²) in [4.78, 5) is 10.6. The van der Waals surface area contributed by atoms with Gasteiger partial charge in [0, 0.05) is 37.4 Å². The third-order valence-corrected chi connectivity index (χ3v) is 2.54. The van der Waals surface area contributed by atoms with E-state index in [1.165, 1.54) is 0 Å². The van der Waals surface area contributed by atoms with Gasteiger partial charge < -0.3 is 10.2 Å². The molecule has 0 aliphatic carbocycles. The van der Waals surface area contributed by atoms with Crippen LogP contribution in [0.15, 0.2) is 12.5 Å². The molecule has 0 bridgehead atoms. The van der Waals surface area contributed by atoms with Gasteiger partial charge in [-0.2, -0.15) is 0 Å². The van der Waals surface area contributed by atoms with E-state index >= 15 is 0 Å². The molecule has 14 heavy (non-hydrogen) atoms. The molecule has 1 aliphatic heterocycles. The van der Waals surface area contributed by atoms with Crippen LogP contribution in [0.5, 0.6) is 0 Å². The monoisotopic (exact) mass is 192 g/mol. The lowest BCUT2D eigenvalue weighted by atomic mass is 10.2. The third kappa shape index (κ3) is 1.85. The first-order valence-corrected chi connectivity index (χ1v) is 5.02. The van der Waals surface area contributed by atoms with Crippen molar-refractivity contribution in [3.8, 4) is 0 Å². The zero-order chi connectivity index (χ0) is 9.97. The molecule has 0 unspecified atom stereocenters. The molecule has 4 nitrogen and oxygen atoms in total. The molecule has 0 aromatic carbocycles. The maximum absolute atomic E-state index is 4.32. The first kappa shape index (κ1) is 9.40. The fraction of sp³-hybridized carbons (Fsp3) is 0.600. The summed E-state index contributed by atoms with van der Waals surface area (Å²) >= 11 is 0. The smallest absolute Gasteiger partial charge is 0.134 e. The average molecular weight is 192 g/mol. The molecule has 1 aromatic rings. The Kier molecular flexibility index (Phi) is 2.63. The van der Waals surface area contributed by atoms with Gasteiger partial charge in [-0.05, 0) is 13.8 Å². The molecule has 4 heteroatoms. The zero-order valence-corrected chi connectivity index (χ0v) is 8.70. The predicted molar refractivity (Wildman–Crippen MR) is 56.4 cm³/mol. The number of aromatic nitrogens is 2. The minimum Gasteiger partial charge on any atom is -0.353 e. The number of piperazine rings is 1. The number of aryl methyl sites for hydroxylation is 1. The van der Waals surface area contributed by atoms with E-state index in [0.29, 0.717) is 6.04 Å². The average Bonchev–Trinajstić information content (AvgIpc) is 2.18. The summed E-state index contributed by atoms with van der Waals surface area (Å²) in [6.07, 6.45) is 3.49. The summed E-state index contributed by atoms with van der Waals surface area (Å²) < 4.78 is 0. The van der Waals surface area contributed by atoms with Crippen LogP contribution in [0.3, 0.4) is 0 Å². The largest absolute Gasteiger partial charge is 0.353 e. The lowest BCUT2D eigenvalue weighted by molar-refractivity contribution is 0.481. The highest BCUT2D eigenvalue weighted by Crippen LogP contribution is 2.16. The van der Waals surface area contributed by atoms with Crippen LogP contribution in [0.2, 0.25) is 0 Å². The lowest BCUT2D eigenvalue weighted by Crippen LogP contribution is -2.49. The van der Waals surface area contributed by atoms with Crippen molar-refractivity contribution in [3.63, 3.8) is 0 Å². The first-order chi connectivity index (χ1) is 6.77. The Morgan fingerprint density at radius 2 is 2.43 bits per heavy atom. The molecule has 76 valence electrons. The highest BCUT2D eigenvalue weighted by atomic mass is 15.2. The summed E-state index contributed by atoms with van der Waals surface area (Å²) in [6, 6.07) is 0.540. The Morgan fingerprint density at radius 3 is 3.14 bits per heavy atom. The Hall–Kier alpha value is -1.16. The minimum absolute atomic E-state index is 0.540. The number of rotatable bonds is 1. The number of nitrogens with zero attached hydrogens (tertiary/aromatic N) is 3. The molecule has 1 fully saturated rings. The van der Waals surface area contributed by atoms with Gasteiger partial charge >= 0.3 is 0 Å². The van der Waals surface area contributed by atoms with E-state index in [-0.39, 0.29) is 0 Å². The van der Waals surface area contributed by atoms with Crippen LogP contribution in [-0.4, -0.2) is 35.6 Å². The highest BCUT2D eigenvalue weighted by Gasteiger charge is 2.17. The fourth-order valence-corrected chi connectivity index (χ4v) is 1.85. The van der Waals surface area contributed by atoms with E-state index in [1.807, 2.05) is 6.20 Å². The molecule has 2 rings (SSSR count). The molecule has 0 spiro atoms. The number of nitrogens with one attached hydrogen (secondary N) is 1. The van der Waals surface area contributed by atoms with Gasteiger partial charge in [0.2, 0.25) is 0 Å².